The van der Waals surface area contributed by atoms with Gasteiger partial charge in [0.2, 0.25) is 11.8 Å². The molecule has 0 radical (unpaired) electrons. The number of fused-ring (bicyclic) bond motifs is 1. The smallest absolute Gasteiger partial charge is 0.235 e. The zero-order valence-corrected chi connectivity index (χ0v) is 15.5. The molecule has 1 saturated heterocycles. The number of nitriles is 1. The van der Waals surface area contributed by atoms with Crippen molar-refractivity contribution in [3.63, 3.8) is 0 Å². The second kappa shape index (κ2) is 8.19. The second-order valence-electron chi connectivity index (χ2n) is 5.93. The maximum Gasteiger partial charge on any atom is 0.235 e. The summed E-state index contributed by atoms with van der Waals surface area (Å²) >= 11 is 2.79. The number of nitrogens with zero attached hydrogens (tertiary/aromatic N) is 1. The minimum atomic E-state index is -0.371. The molecule has 0 saturated carbocycles. The van der Waals surface area contributed by atoms with Crippen LogP contribution in [0.5, 0.6) is 0 Å². The molecule has 2 heterocycles. The van der Waals surface area contributed by atoms with Crippen LogP contribution >= 0.6 is 23.1 Å². The van der Waals surface area contributed by atoms with Crippen LogP contribution in [0.4, 0.5) is 5.00 Å². The summed E-state index contributed by atoms with van der Waals surface area (Å²) in [5, 5.41) is 18.8. The number of amides is 2. The SMILES string of the molecule is COC1CC(=O)NC(SCC(=O)Nc2sc3c(c2C#N)CCCC3)N1. The molecule has 2 atom stereocenters. The lowest BCUT2D eigenvalue weighted by atomic mass is 9.96. The summed E-state index contributed by atoms with van der Waals surface area (Å²) in [6.07, 6.45) is 4.03. The number of rotatable bonds is 5. The molecule has 1 fully saturated rings. The fourth-order valence-electron chi connectivity index (χ4n) is 2.98. The Kier molecular flexibility index (Phi) is 5.96. The first-order valence-corrected chi connectivity index (χ1v) is 10.0. The number of carbonyl (C=O) groups is 2. The predicted molar refractivity (Wildman–Crippen MR) is 97.2 cm³/mol. The molecular formula is C16H20N4O3S2. The van der Waals surface area contributed by atoms with Crippen molar-refractivity contribution >= 4 is 39.9 Å². The molecule has 1 aliphatic carbocycles. The Hall–Kier alpha value is -1.60. The van der Waals surface area contributed by atoms with Crippen LogP contribution in [0.25, 0.3) is 0 Å². The third-order valence-electron chi connectivity index (χ3n) is 4.20. The largest absolute Gasteiger partial charge is 0.366 e. The first-order valence-electron chi connectivity index (χ1n) is 8.15. The van der Waals surface area contributed by atoms with Crippen LogP contribution in [0.1, 0.15) is 35.3 Å². The minimum absolute atomic E-state index is 0.110. The van der Waals surface area contributed by atoms with Crippen molar-refractivity contribution in [1.29, 1.82) is 5.26 Å². The number of hydrogen-bond acceptors (Lipinski definition) is 7. The first-order chi connectivity index (χ1) is 12.1. The number of ether oxygens (including phenoxy) is 1. The van der Waals surface area contributed by atoms with E-state index in [9.17, 15) is 14.9 Å². The molecule has 1 aromatic heterocycles. The molecule has 2 unspecified atom stereocenters. The maximum absolute atomic E-state index is 12.3. The Bertz CT molecular complexity index is 713. The van der Waals surface area contributed by atoms with Crippen LogP contribution in [0.15, 0.2) is 0 Å². The van der Waals surface area contributed by atoms with Gasteiger partial charge in [0.25, 0.3) is 0 Å². The van der Waals surface area contributed by atoms with Gasteiger partial charge in [-0.25, -0.2) is 0 Å². The Morgan fingerprint density at radius 2 is 2.28 bits per heavy atom. The molecule has 25 heavy (non-hydrogen) atoms. The fourth-order valence-corrected chi connectivity index (χ4v) is 5.09. The molecule has 1 aromatic rings. The summed E-state index contributed by atoms with van der Waals surface area (Å²) in [6.45, 7) is 0. The zero-order chi connectivity index (χ0) is 17.8. The van der Waals surface area contributed by atoms with E-state index < -0.39 is 0 Å². The molecule has 2 amide bonds. The second-order valence-corrected chi connectivity index (χ2v) is 8.13. The Morgan fingerprint density at radius 1 is 1.48 bits per heavy atom. The van der Waals surface area contributed by atoms with Gasteiger partial charge in [0, 0.05) is 12.0 Å². The normalized spacial score (nSPS) is 22.6. The van der Waals surface area contributed by atoms with E-state index in [2.05, 4.69) is 22.0 Å². The highest BCUT2D eigenvalue weighted by molar-refractivity contribution is 8.00. The zero-order valence-electron chi connectivity index (χ0n) is 13.9. The number of carbonyl (C=O) groups excluding carboxylic acids is 2. The van der Waals surface area contributed by atoms with Gasteiger partial charge < -0.3 is 15.4 Å². The van der Waals surface area contributed by atoms with Crippen molar-refractivity contribution in [3.8, 4) is 6.07 Å². The predicted octanol–water partition coefficient (Wildman–Crippen LogP) is 1.54. The van der Waals surface area contributed by atoms with E-state index in [0.29, 0.717) is 10.6 Å². The summed E-state index contributed by atoms with van der Waals surface area (Å²) in [4.78, 5) is 25.1. The van der Waals surface area contributed by atoms with Crippen LogP contribution in [0, 0.1) is 11.3 Å². The fraction of sp³-hybridized carbons (Fsp3) is 0.562. The van der Waals surface area contributed by atoms with Gasteiger partial charge in [-0.1, -0.05) is 0 Å². The summed E-state index contributed by atoms with van der Waals surface area (Å²) in [5.74, 6) is -0.126. The van der Waals surface area contributed by atoms with E-state index in [1.807, 2.05) is 0 Å². The molecule has 134 valence electrons. The van der Waals surface area contributed by atoms with E-state index in [1.54, 1.807) is 0 Å². The van der Waals surface area contributed by atoms with Crippen LogP contribution < -0.4 is 16.0 Å². The highest BCUT2D eigenvalue weighted by Crippen LogP contribution is 2.37. The van der Waals surface area contributed by atoms with Crippen molar-refractivity contribution in [3.05, 3.63) is 16.0 Å². The number of thiophene rings is 1. The average Bonchev–Trinajstić information content (AvgIpc) is 2.96. The third kappa shape index (κ3) is 4.33. The van der Waals surface area contributed by atoms with Gasteiger partial charge >= 0.3 is 0 Å². The molecule has 3 rings (SSSR count). The molecular weight excluding hydrogens is 360 g/mol. The molecule has 2 aliphatic rings. The molecule has 7 nitrogen and oxygen atoms in total. The Labute approximate surface area is 154 Å². The van der Waals surface area contributed by atoms with Gasteiger partial charge in [0.05, 0.1) is 17.7 Å². The summed E-state index contributed by atoms with van der Waals surface area (Å²) in [7, 11) is 1.53. The molecule has 1 aliphatic heterocycles. The lowest BCUT2D eigenvalue weighted by molar-refractivity contribution is -0.127. The van der Waals surface area contributed by atoms with E-state index in [0.717, 1.165) is 31.2 Å². The monoisotopic (exact) mass is 380 g/mol. The topological polar surface area (TPSA) is 103 Å². The van der Waals surface area contributed by atoms with Crippen LogP contribution in [-0.2, 0) is 27.2 Å². The Morgan fingerprint density at radius 3 is 3.04 bits per heavy atom. The maximum atomic E-state index is 12.3. The van der Waals surface area contributed by atoms with Gasteiger partial charge in [-0.2, -0.15) is 5.26 Å². The number of aryl methyl sites for hydroxylation is 1. The highest BCUT2D eigenvalue weighted by atomic mass is 32.2. The van der Waals surface area contributed by atoms with Crippen molar-refractivity contribution in [2.24, 2.45) is 0 Å². The lowest BCUT2D eigenvalue weighted by Crippen LogP contribution is -2.55. The number of anilines is 1. The summed E-state index contributed by atoms with van der Waals surface area (Å²) < 4.78 is 5.15. The van der Waals surface area contributed by atoms with E-state index in [4.69, 9.17) is 4.74 Å². The first kappa shape index (κ1) is 18.2. The summed E-state index contributed by atoms with van der Waals surface area (Å²) in [6, 6.07) is 2.24. The van der Waals surface area contributed by atoms with Crippen LogP contribution in [0.3, 0.4) is 0 Å². The van der Waals surface area contributed by atoms with Gasteiger partial charge in [-0.3, -0.25) is 14.9 Å². The van der Waals surface area contributed by atoms with Crippen molar-refractivity contribution in [1.82, 2.24) is 10.6 Å². The van der Waals surface area contributed by atoms with Gasteiger partial charge in [-0.05, 0) is 31.2 Å². The molecule has 3 N–H and O–H groups in total. The van der Waals surface area contributed by atoms with Gasteiger partial charge in [-0.15, -0.1) is 23.1 Å². The average molecular weight is 380 g/mol. The standard InChI is InChI=1S/C16H20N4O3S2/c1-23-14-6-12(21)19-16(20-14)24-8-13(22)18-15-10(7-17)9-4-2-3-5-11(9)25-15/h14,16,20H,2-6,8H2,1H3,(H,18,22)(H,19,21). The summed E-state index contributed by atoms with van der Waals surface area (Å²) in [5.41, 5.74) is 1.34. The number of hydrogen-bond donors (Lipinski definition) is 3. The van der Waals surface area contributed by atoms with E-state index in [-0.39, 0.29) is 35.7 Å². The van der Waals surface area contributed by atoms with E-state index in [1.165, 1.54) is 35.1 Å². The van der Waals surface area contributed by atoms with Crippen LogP contribution in [0.2, 0.25) is 0 Å². The Balaban J connectivity index is 1.57. The quantitative estimate of drug-likeness (QED) is 0.716. The van der Waals surface area contributed by atoms with Crippen molar-refractivity contribution in [2.75, 3.05) is 18.2 Å². The van der Waals surface area contributed by atoms with Crippen LogP contribution in [-0.4, -0.2) is 36.4 Å². The highest BCUT2D eigenvalue weighted by Gasteiger charge is 2.27. The van der Waals surface area contributed by atoms with Crippen molar-refractivity contribution in [2.45, 2.75) is 43.8 Å². The van der Waals surface area contributed by atoms with Gasteiger partial charge in [0.1, 0.15) is 22.8 Å². The van der Waals surface area contributed by atoms with Crippen molar-refractivity contribution < 1.29 is 14.3 Å². The number of nitrogens with one attached hydrogen (secondary N) is 3. The number of thioether (sulfide) groups is 1. The molecule has 0 spiro atoms. The van der Waals surface area contributed by atoms with E-state index >= 15 is 0 Å². The molecule has 0 bridgehead atoms. The minimum Gasteiger partial charge on any atom is -0.366 e. The van der Waals surface area contributed by atoms with Gasteiger partial charge in [0.15, 0.2) is 0 Å². The third-order valence-corrected chi connectivity index (χ3v) is 6.43. The number of methoxy groups -OCH3 is 1. The molecule has 0 aromatic carbocycles. The lowest BCUT2D eigenvalue weighted by Gasteiger charge is -2.29. The molecule has 9 heteroatoms.